The summed E-state index contributed by atoms with van der Waals surface area (Å²) in [7, 11) is 0. The zero-order valence-electron chi connectivity index (χ0n) is 16.6. The SMILES string of the molecule is CC(C)c1cccc(C(C)C)c1NC(=O)c1ccc(C(C)(C)C)cc1. The molecule has 2 aromatic carbocycles. The lowest BCUT2D eigenvalue weighted by molar-refractivity contribution is 0.102. The summed E-state index contributed by atoms with van der Waals surface area (Å²) in [5.41, 5.74) is 5.36. The second-order valence-electron chi connectivity index (χ2n) is 8.40. The number of para-hydroxylation sites is 1. The van der Waals surface area contributed by atoms with Gasteiger partial charge in [0.2, 0.25) is 0 Å². The molecule has 0 aromatic heterocycles. The summed E-state index contributed by atoms with van der Waals surface area (Å²) in [6, 6.07) is 14.2. The summed E-state index contributed by atoms with van der Waals surface area (Å²) in [6.45, 7) is 15.2. The van der Waals surface area contributed by atoms with E-state index in [1.165, 1.54) is 16.7 Å². The molecule has 0 saturated heterocycles. The number of rotatable bonds is 4. The molecule has 0 unspecified atom stereocenters. The van der Waals surface area contributed by atoms with Gasteiger partial charge in [0, 0.05) is 11.3 Å². The monoisotopic (exact) mass is 337 g/mol. The lowest BCUT2D eigenvalue weighted by Crippen LogP contribution is -2.17. The Morgan fingerprint density at radius 1 is 0.840 bits per heavy atom. The zero-order chi connectivity index (χ0) is 18.8. The van der Waals surface area contributed by atoms with Crippen molar-refractivity contribution in [3.63, 3.8) is 0 Å². The summed E-state index contributed by atoms with van der Waals surface area (Å²) < 4.78 is 0. The number of amides is 1. The van der Waals surface area contributed by atoms with Crippen molar-refractivity contribution in [3.8, 4) is 0 Å². The van der Waals surface area contributed by atoms with Crippen LogP contribution in [0.25, 0.3) is 0 Å². The highest BCUT2D eigenvalue weighted by Gasteiger charge is 2.18. The van der Waals surface area contributed by atoms with Crippen molar-refractivity contribution in [2.45, 2.75) is 65.7 Å². The number of hydrogen-bond acceptors (Lipinski definition) is 1. The molecule has 2 rings (SSSR count). The minimum absolute atomic E-state index is 0.0459. The molecule has 0 heterocycles. The molecule has 0 saturated carbocycles. The lowest BCUT2D eigenvalue weighted by Gasteiger charge is -2.21. The normalized spacial score (nSPS) is 11.9. The van der Waals surface area contributed by atoms with E-state index in [0.717, 1.165) is 5.69 Å². The summed E-state index contributed by atoms with van der Waals surface area (Å²) in [5, 5.41) is 3.18. The quantitative estimate of drug-likeness (QED) is 0.679. The summed E-state index contributed by atoms with van der Waals surface area (Å²) in [4.78, 5) is 12.8. The van der Waals surface area contributed by atoms with Crippen molar-refractivity contribution >= 4 is 11.6 Å². The minimum Gasteiger partial charge on any atom is -0.321 e. The number of benzene rings is 2. The second kappa shape index (κ2) is 7.43. The van der Waals surface area contributed by atoms with Crippen LogP contribution in [0.3, 0.4) is 0 Å². The molecule has 134 valence electrons. The zero-order valence-corrected chi connectivity index (χ0v) is 16.6. The molecule has 0 aliphatic carbocycles. The van der Waals surface area contributed by atoms with Gasteiger partial charge in [-0.05, 0) is 46.1 Å². The van der Waals surface area contributed by atoms with Gasteiger partial charge in [-0.3, -0.25) is 4.79 Å². The fourth-order valence-electron chi connectivity index (χ4n) is 3.00. The van der Waals surface area contributed by atoms with Crippen molar-refractivity contribution in [2.24, 2.45) is 0 Å². The van der Waals surface area contributed by atoms with Gasteiger partial charge < -0.3 is 5.32 Å². The molecule has 2 heteroatoms. The van der Waals surface area contributed by atoms with Crippen molar-refractivity contribution in [3.05, 3.63) is 64.7 Å². The standard InChI is InChI=1S/C23H31NO/c1-15(2)19-9-8-10-20(16(3)4)21(19)24-22(25)17-11-13-18(14-12-17)23(5,6)7/h8-16H,1-7H3,(H,24,25). The number of hydrogen-bond donors (Lipinski definition) is 1. The van der Waals surface area contributed by atoms with Gasteiger partial charge in [-0.15, -0.1) is 0 Å². The molecule has 0 fully saturated rings. The number of nitrogens with one attached hydrogen (secondary N) is 1. The molecule has 2 nitrogen and oxygen atoms in total. The van der Waals surface area contributed by atoms with E-state index in [4.69, 9.17) is 0 Å². The predicted octanol–water partition coefficient (Wildman–Crippen LogP) is 6.48. The first-order valence-corrected chi connectivity index (χ1v) is 9.16. The Labute approximate surface area is 152 Å². The highest BCUT2D eigenvalue weighted by Crippen LogP contribution is 2.32. The predicted molar refractivity (Wildman–Crippen MR) is 108 cm³/mol. The first-order chi connectivity index (χ1) is 11.6. The number of carbonyl (C=O) groups is 1. The van der Waals surface area contributed by atoms with E-state index < -0.39 is 0 Å². The van der Waals surface area contributed by atoms with Crippen LogP contribution in [0.15, 0.2) is 42.5 Å². The van der Waals surface area contributed by atoms with E-state index in [1.807, 2.05) is 24.3 Å². The highest BCUT2D eigenvalue weighted by atomic mass is 16.1. The first kappa shape index (κ1) is 19.2. The molecular weight excluding hydrogens is 306 g/mol. The van der Waals surface area contributed by atoms with Gasteiger partial charge in [0.25, 0.3) is 5.91 Å². The van der Waals surface area contributed by atoms with Crippen LogP contribution < -0.4 is 5.32 Å². The molecular formula is C23H31NO. The average Bonchev–Trinajstić information content (AvgIpc) is 2.53. The fourth-order valence-corrected chi connectivity index (χ4v) is 3.00. The van der Waals surface area contributed by atoms with Crippen molar-refractivity contribution < 1.29 is 4.79 Å². The maximum Gasteiger partial charge on any atom is 0.255 e. The van der Waals surface area contributed by atoms with E-state index in [9.17, 15) is 4.79 Å². The number of anilines is 1. The Morgan fingerprint density at radius 2 is 1.32 bits per heavy atom. The van der Waals surface area contributed by atoms with Gasteiger partial charge >= 0.3 is 0 Å². The second-order valence-corrected chi connectivity index (χ2v) is 8.40. The molecule has 1 amide bonds. The van der Waals surface area contributed by atoms with Crippen LogP contribution in [-0.4, -0.2) is 5.91 Å². The van der Waals surface area contributed by atoms with Crippen molar-refractivity contribution in [2.75, 3.05) is 5.32 Å². The molecule has 0 bridgehead atoms. The van der Waals surface area contributed by atoms with Crippen molar-refractivity contribution in [1.82, 2.24) is 0 Å². The molecule has 0 spiro atoms. The van der Waals surface area contributed by atoms with Gasteiger partial charge in [0.1, 0.15) is 0 Å². The van der Waals surface area contributed by atoms with Crippen LogP contribution in [0.4, 0.5) is 5.69 Å². The van der Waals surface area contributed by atoms with E-state index in [2.05, 4.69) is 72.0 Å². The van der Waals surface area contributed by atoms with E-state index >= 15 is 0 Å². The average molecular weight is 338 g/mol. The first-order valence-electron chi connectivity index (χ1n) is 9.16. The van der Waals surface area contributed by atoms with Crippen molar-refractivity contribution in [1.29, 1.82) is 0 Å². The van der Waals surface area contributed by atoms with E-state index in [1.54, 1.807) is 0 Å². The highest BCUT2D eigenvalue weighted by molar-refractivity contribution is 6.05. The molecule has 0 radical (unpaired) electrons. The Kier molecular flexibility index (Phi) is 5.72. The van der Waals surface area contributed by atoms with E-state index in [-0.39, 0.29) is 11.3 Å². The van der Waals surface area contributed by atoms with Crippen LogP contribution >= 0.6 is 0 Å². The molecule has 25 heavy (non-hydrogen) atoms. The Balaban J connectivity index is 2.34. The van der Waals surface area contributed by atoms with Crippen LogP contribution in [0.2, 0.25) is 0 Å². The molecule has 1 N–H and O–H groups in total. The van der Waals surface area contributed by atoms with Gasteiger partial charge in [-0.2, -0.15) is 0 Å². The third-order valence-corrected chi connectivity index (χ3v) is 4.62. The topological polar surface area (TPSA) is 29.1 Å². The molecule has 0 atom stereocenters. The number of carbonyl (C=O) groups excluding carboxylic acids is 1. The van der Waals surface area contributed by atoms with Gasteiger partial charge in [-0.1, -0.05) is 78.8 Å². The third kappa shape index (κ3) is 4.50. The Hall–Kier alpha value is -2.09. The Morgan fingerprint density at radius 3 is 1.72 bits per heavy atom. The largest absolute Gasteiger partial charge is 0.321 e. The summed E-state index contributed by atoms with van der Waals surface area (Å²) in [6.07, 6.45) is 0. The molecule has 0 aliphatic rings. The Bertz CT molecular complexity index is 707. The summed E-state index contributed by atoms with van der Waals surface area (Å²) >= 11 is 0. The molecule has 2 aromatic rings. The molecule has 0 aliphatic heterocycles. The lowest BCUT2D eigenvalue weighted by atomic mass is 9.86. The third-order valence-electron chi connectivity index (χ3n) is 4.62. The van der Waals surface area contributed by atoms with Gasteiger partial charge in [0.05, 0.1) is 0 Å². The van der Waals surface area contributed by atoms with Crippen LogP contribution in [0.5, 0.6) is 0 Å². The van der Waals surface area contributed by atoms with Gasteiger partial charge in [-0.25, -0.2) is 0 Å². The van der Waals surface area contributed by atoms with Gasteiger partial charge in [0.15, 0.2) is 0 Å². The summed E-state index contributed by atoms with van der Waals surface area (Å²) in [5.74, 6) is 0.671. The van der Waals surface area contributed by atoms with E-state index in [0.29, 0.717) is 17.4 Å². The van der Waals surface area contributed by atoms with Crippen LogP contribution in [0.1, 0.15) is 87.4 Å². The maximum absolute atomic E-state index is 12.8. The maximum atomic E-state index is 12.8. The van der Waals surface area contributed by atoms with Crippen LogP contribution in [-0.2, 0) is 5.41 Å². The minimum atomic E-state index is -0.0459. The smallest absolute Gasteiger partial charge is 0.255 e. The van der Waals surface area contributed by atoms with Crippen LogP contribution in [0, 0.1) is 0 Å². The fraction of sp³-hybridized carbons (Fsp3) is 0.435.